The first-order valence-corrected chi connectivity index (χ1v) is 18.1. The predicted octanol–water partition coefficient (Wildman–Crippen LogP) is 4.53. The first-order valence-electron chi connectivity index (χ1n) is 18.1. The Morgan fingerprint density at radius 1 is 0.453 bits per heavy atom. The van der Waals surface area contributed by atoms with E-state index in [0.29, 0.717) is 0 Å². The van der Waals surface area contributed by atoms with Gasteiger partial charge in [0.15, 0.2) is 5.78 Å². The lowest BCUT2D eigenvalue weighted by Crippen LogP contribution is -2.30. The second kappa shape index (κ2) is 16.7. The molecule has 12 N–H and O–H groups in total. The minimum Gasteiger partial charge on any atom is -0.507 e. The minimum absolute atomic E-state index is 0.0921. The van der Waals surface area contributed by atoms with Crippen LogP contribution in [0.3, 0.4) is 0 Å². The van der Waals surface area contributed by atoms with E-state index in [0.717, 1.165) is 91.0 Å². The number of aromatic carboxylic acids is 5. The Hall–Kier alpha value is -9.23. The number of benzene rings is 5. The zero-order valence-corrected chi connectivity index (χ0v) is 32.2. The SMILES string of the molecule is O=C(O)C1=C/C(=C(/c2ccc(O)c(C(=O)O)c2)c2cc(Cc3cc(C(O)(c4ccc(O)c(C(=O)O)c4)c4ccc(O)c(C(=O)O)c4)cc(C(=O)O)c3O)c(O)c(C(=O)O)c2)C=CC1=O. The van der Waals surface area contributed by atoms with Crippen molar-refractivity contribution in [1.82, 2.24) is 0 Å². The van der Waals surface area contributed by atoms with Crippen molar-refractivity contribution >= 4 is 47.2 Å². The Morgan fingerprint density at radius 2 is 0.875 bits per heavy atom. The quantitative estimate of drug-likeness (QED) is 0.0571. The highest BCUT2D eigenvalue weighted by molar-refractivity contribution is 6.23. The molecule has 5 aromatic carbocycles. The van der Waals surface area contributed by atoms with E-state index in [9.17, 15) is 94.8 Å². The van der Waals surface area contributed by atoms with Gasteiger partial charge in [-0.2, -0.15) is 0 Å². The first kappa shape index (κ1) is 44.3. The molecule has 0 aromatic heterocycles. The summed E-state index contributed by atoms with van der Waals surface area (Å²) in [6.45, 7) is 0. The molecule has 0 saturated carbocycles. The van der Waals surface area contributed by atoms with Gasteiger partial charge in [-0.3, -0.25) is 4.79 Å². The van der Waals surface area contributed by atoms with Gasteiger partial charge in [-0.15, -0.1) is 0 Å². The fourth-order valence-electron chi connectivity index (χ4n) is 7.12. The molecule has 19 heteroatoms. The lowest BCUT2D eigenvalue weighted by atomic mass is 9.77. The number of rotatable bonds is 13. The third-order valence-electron chi connectivity index (χ3n) is 10.2. The van der Waals surface area contributed by atoms with Crippen LogP contribution < -0.4 is 0 Å². The molecule has 0 spiro atoms. The summed E-state index contributed by atoms with van der Waals surface area (Å²) in [5.74, 6) is -15.4. The summed E-state index contributed by atoms with van der Waals surface area (Å²) >= 11 is 0. The number of aromatic hydroxyl groups is 5. The van der Waals surface area contributed by atoms with Crippen LogP contribution >= 0.6 is 0 Å². The molecule has 0 bridgehead atoms. The van der Waals surface area contributed by atoms with Crippen molar-refractivity contribution in [2.24, 2.45) is 0 Å². The molecule has 0 atom stereocenters. The summed E-state index contributed by atoms with van der Waals surface area (Å²) in [4.78, 5) is 86.1. The van der Waals surface area contributed by atoms with Gasteiger partial charge < -0.3 is 61.3 Å². The van der Waals surface area contributed by atoms with Crippen LogP contribution in [0.4, 0.5) is 0 Å². The van der Waals surface area contributed by atoms with Crippen LogP contribution in [0.25, 0.3) is 5.57 Å². The number of carboxylic acids is 6. The number of carbonyl (C=O) groups excluding carboxylic acids is 1. The van der Waals surface area contributed by atoms with Crippen LogP contribution in [0.1, 0.15) is 90.7 Å². The van der Waals surface area contributed by atoms with Crippen LogP contribution in [0.2, 0.25) is 0 Å². The fourth-order valence-corrected chi connectivity index (χ4v) is 7.12. The number of carbonyl (C=O) groups is 7. The Labute approximate surface area is 357 Å². The maximum atomic E-state index is 12.7. The van der Waals surface area contributed by atoms with E-state index in [-0.39, 0.29) is 22.3 Å². The lowest BCUT2D eigenvalue weighted by molar-refractivity contribution is -0.134. The second-order valence-electron chi connectivity index (χ2n) is 14.1. The van der Waals surface area contributed by atoms with Crippen LogP contribution in [0.15, 0.2) is 108 Å². The molecule has 0 amide bonds. The third kappa shape index (κ3) is 8.02. The predicted molar refractivity (Wildman–Crippen MR) is 216 cm³/mol. The largest absolute Gasteiger partial charge is 0.507 e. The van der Waals surface area contributed by atoms with Crippen LogP contribution in [0.5, 0.6) is 28.7 Å². The monoisotopic (exact) mass is 874 g/mol. The number of hydrogen-bond donors (Lipinski definition) is 12. The van der Waals surface area contributed by atoms with Crippen molar-refractivity contribution < 1.29 is 94.8 Å². The molecule has 64 heavy (non-hydrogen) atoms. The zero-order valence-electron chi connectivity index (χ0n) is 32.2. The van der Waals surface area contributed by atoms with Gasteiger partial charge in [0.05, 0.1) is 0 Å². The summed E-state index contributed by atoms with van der Waals surface area (Å²) in [7, 11) is 0. The van der Waals surface area contributed by atoms with Gasteiger partial charge in [-0.25, -0.2) is 28.8 Å². The van der Waals surface area contributed by atoms with Crippen molar-refractivity contribution in [3.63, 3.8) is 0 Å². The number of ketones is 1. The molecule has 19 nitrogen and oxygen atoms in total. The van der Waals surface area contributed by atoms with Crippen molar-refractivity contribution in [3.8, 4) is 28.7 Å². The number of aliphatic hydroxyl groups is 1. The van der Waals surface area contributed by atoms with Crippen LogP contribution in [-0.4, -0.2) is 103 Å². The maximum absolute atomic E-state index is 12.7. The van der Waals surface area contributed by atoms with E-state index in [1.165, 1.54) is 6.07 Å². The number of phenols is 5. The summed E-state index contributed by atoms with van der Waals surface area (Å²) < 4.78 is 0. The molecular formula is C45H30O19. The highest BCUT2D eigenvalue weighted by Crippen LogP contribution is 2.44. The molecule has 1 aliphatic carbocycles. The molecule has 0 heterocycles. The summed E-state index contributed by atoms with van der Waals surface area (Å²) in [5.41, 5.74) is -10.4. The van der Waals surface area contributed by atoms with Gasteiger partial charge in [0.2, 0.25) is 0 Å². The normalized spacial score (nSPS) is 13.2. The van der Waals surface area contributed by atoms with Crippen LogP contribution in [-0.2, 0) is 21.6 Å². The van der Waals surface area contributed by atoms with Crippen molar-refractivity contribution in [2.75, 3.05) is 0 Å². The molecule has 0 radical (unpaired) electrons. The fraction of sp³-hybridized carbons (Fsp3) is 0.0444. The third-order valence-corrected chi connectivity index (χ3v) is 10.2. The zero-order chi connectivity index (χ0) is 47.1. The van der Waals surface area contributed by atoms with E-state index in [1.54, 1.807) is 0 Å². The highest BCUT2D eigenvalue weighted by atomic mass is 16.4. The molecule has 0 unspecified atom stereocenters. The van der Waals surface area contributed by atoms with Gasteiger partial charge in [0.25, 0.3) is 0 Å². The Kier molecular flexibility index (Phi) is 11.5. The smallest absolute Gasteiger partial charge is 0.339 e. The maximum Gasteiger partial charge on any atom is 0.339 e. The molecule has 324 valence electrons. The second-order valence-corrected chi connectivity index (χ2v) is 14.1. The van der Waals surface area contributed by atoms with E-state index in [2.05, 4.69) is 0 Å². The molecule has 5 aromatic rings. The van der Waals surface area contributed by atoms with Gasteiger partial charge in [-0.05, 0) is 123 Å². The minimum atomic E-state index is -2.80. The summed E-state index contributed by atoms with van der Waals surface area (Å²) in [6.07, 6.45) is 2.10. The van der Waals surface area contributed by atoms with Gasteiger partial charge in [0, 0.05) is 6.42 Å². The van der Waals surface area contributed by atoms with Gasteiger partial charge >= 0.3 is 35.8 Å². The molecule has 0 fully saturated rings. The number of hydrogen-bond acceptors (Lipinski definition) is 13. The molecule has 1 aliphatic rings. The van der Waals surface area contributed by atoms with Crippen molar-refractivity contribution in [2.45, 2.75) is 12.0 Å². The lowest BCUT2D eigenvalue weighted by Gasteiger charge is -2.32. The van der Waals surface area contributed by atoms with Crippen LogP contribution in [0, 0.1) is 0 Å². The van der Waals surface area contributed by atoms with E-state index in [4.69, 9.17) is 0 Å². The topological polar surface area (TPSA) is 362 Å². The van der Waals surface area contributed by atoms with E-state index < -0.39 is 144 Å². The summed E-state index contributed by atoms with van der Waals surface area (Å²) in [5, 5.41) is 126. The van der Waals surface area contributed by atoms with Gasteiger partial charge in [-0.1, -0.05) is 24.3 Å². The summed E-state index contributed by atoms with van der Waals surface area (Å²) in [6, 6.07) is 12.2. The Morgan fingerprint density at radius 3 is 1.36 bits per heavy atom. The molecule has 0 aliphatic heterocycles. The number of carboxylic acid groups (broad SMARTS) is 6. The van der Waals surface area contributed by atoms with Crippen molar-refractivity contribution in [3.05, 3.63) is 175 Å². The van der Waals surface area contributed by atoms with E-state index in [1.807, 2.05) is 0 Å². The van der Waals surface area contributed by atoms with E-state index >= 15 is 0 Å². The van der Waals surface area contributed by atoms with Gasteiger partial charge in [0.1, 0.15) is 67.7 Å². The first-order chi connectivity index (χ1) is 30.0. The number of allylic oxidation sites excluding steroid dienone is 4. The molecular weight excluding hydrogens is 844 g/mol. The Balaban J connectivity index is 1.67. The number of aliphatic carboxylic acids is 1. The Bertz CT molecular complexity index is 2960. The highest BCUT2D eigenvalue weighted by Gasteiger charge is 2.38. The average Bonchev–Trinajstić information content (AvgIpc) is 3.23. The molecule has 0 saturated heterocycles. The van der Waals surface area contributed by atoms with Crippen molar-refractivity contribution in [1.29, 1.82) is 0 Å². The molecule has 6 rings (SSSR count). The average molecular weight is 875 g/mol. The standard InChI is InChI=1S/C45H30O19/c46-32-5-1-18(12-26(32)39(52)53)36(19-2-6-33(47)27(13-19)40(54)55)20-9-21(37(50)30(14-20)43(60)61)10-22-11-25(17-31(38(22)51)44(62)63)45(64,23-3-7-34(48)28(15-23)41(56)57)24-4-8-35(49)29(16-24)42(58)59/h1-9,11-17,46,48-51,64H,10H2,(H,52,53)(H,54,55)(H,56,57)(H,58,59)(H,60,61)(H,62,63)/b36-19-.